The number of rotatable bonds is 10. The lowest BCUT2D eigenvalue weighted by Gasteiger charge is -2.35. The summed E-state index contributed by atoms with van der Waals surface area (Å²) in [6, 6.07) is 20.5. The zero-order valence-corrected chi connectivity index (χ0v) is 18.5. The molecule has 0 saturated heterocycles. The second kappa shape index (κ2) is 10.7. The average molecular weight is 407 g/mol. The van der Waals surface area contributed by atoms with Crippen molar-refractivity contribution in [3.8, 4) is 6.07 Å². The first-order valence-corrected chi connectivity index (χ1v) is 11.5. The van der Waals surface area contributed by atoms with Gasteiger partial charge in [-0.3, -0.25) is 0 Å². The van der Waals surface area contributed by atoms with Crippen LogP contribution in [0.1, 0.15) is 63.5 Å². The van der Waals surface area contributed by atoms with Crippen LogP contribution in [0.5, 0.6) is 0 Å². The second-order valence-electron chi connectivity index (χ2n) is 9.04. The Bertz CT molecular complexity index is 803. The molecule has 0 aromatic heterocycles. The van der Waals surface area contributed by atoms with Gasteiger partial charge in [-0.25, -0.2) is 4.39 Å². The van der Waals surface area contributed by atoms with Crippen molar-refractivity contribution < 1.29 is 4.39 Å². The third-order valence-electron chi connectivity index (χ3n) is 6.89. The van der Waals surface area contributed by atoms with E-state index in [0.717, 1.165) is 50.8 Å². The molecule has 3 rings (SSSR count). The first kappa shape index (κ1) is 22.5. The molecule has 1 atom stereocenters. The Labute approximate surface area is 181 Å². The van der Waals surface area contributed by atoms with Gasteiger partial charge in [0.25, 0.3) is 0 Å². The van der Waals surface area contributed by atoms with Crippen LogP contribution in [0.3, 0.4) is 0 Å². The van der Waals surface area contributed by atoms with Gasteiger partial charge < -0.3 is 4.90 Å². The zero-order valence-electron chi connectivity index (χ0n) is 18.5. The topological polar surface area (TPSA) is 27.0 Å². The summed E-state index contributed by atoms with van der Waals surface area (Å²) in [5, 5.41) is 10.3. The van der Waals surface area contributed by atoms with Crippen molar-refractivity contribution in [2.45, 2.75) is 70.3 Å². The summed E-state index contributed by atoms with van der Waals surface area (Å²) in [6.07, 6.45) is 7.47. The van der Waals surface area contributed by atoms with Gasteiger partial charge in [0, 0.05) is 12.6 Å². The smallest absolute Gasteiger partial charge is 0.123 e. The van der Waals surface area contributed by atoms with Crippen molar-refractivity contribution in [1.29, 1.82) is 5.26 Å². The molecule has 2 nitrogen and oxygen atoms in total. The van der Waals surface area contributed by atoms with Crippen LogP contribution in [0.15, 0.2) is 54.6 Å². The van der Waals surface area contributed by atoms with E-state index in [9.17, 15) is 9.65 Å². The minimum Gasteiger partial charge on any atom is -0.301 e. The highest BCUT2D eigenvalue weighted by molar-refractivity contribution is 5.34. The molecule has 0 spiro atoms. The quantitative estimate of drug-likeness (QED) is 0.450. The summed E-state index contributed by atoms with van der Waals surface area (Å²) in [5.41, 5.74) is 1.87. The summed E-state index contributed by atoms with van der Waals surface area (Å²) < 4.78 is 13.5. The maximum absolute atomic E-state index is 13.5. The number of nitriles is 1. The molecule has 1 aliphatic carbocycles. The van der Waals surface area contributed by atoms with Gasteiger partial charge in [-0.05, 0) is 81.7 Å². The van der Waals surface area contributed by atoms with Crippen LogP contribution in [0.4, 0.5) is 4.39 Å². The average Bonchev–Trinajstić information content (AvgIpc) is 3.30. The lowest BCUT2D eigenvalue weighted by Crippen LogP contribution is -2.37. The lowest BCUT2D eigenvalue weighted by molar-refractivity contribution is 0.207. The largest absolute Gasteiger partial charge is 0.301 e. The van der Waals surface area contributed by atoms with E-state index in [-0.39, 0.29) is 5.82 Å². The Balaban J connectivity index is 1.68. The van der Waals surface area contributed by atoms with Gasteiger partial charge in [0.2, 0.25) is 0 Å². The highest BCUT2D eigenvalue weighted by Crippen LogP contribution is 2.45. The molecule has 0 amide bonds. The van der Waals surface area contributed by atoms with Gasteiger partial charge in [-0.2, -0.15) is 5.26 Å². The van der Waals surface area contributed by atoms with E-state index >= 15 is 0 Å². The molecular weight excluding hydrogens is 371 g/mol. The number of hydrogen-bond acceptors (Lipinski definition) is 2. The van der Waals surface area contributed by atoms with Crippen molar-refractivity contribution >= 4 is 0 Å². The fourth-order valence-electron chi connectivity index (χ4n) is 5.07. The lowest BCUT2D eigenvalue weighted by atomic mass is 9.67. The van der Waals surface area contributed by atoms with Crippen LogP contribution >= 0.6 is 0 Å². The normalized spacial score (nSPS) is 16.7. The fourth-order valence-corrected chi connectivity index (χ4v) is 5.07. The molecule has 2 aromatic carbocycles. The molecule has 0 aliphatic heterocycles. The monoisotopic (exact) mass is 406 g/mol. The molecule has 1 aliphatic rings. The molecule has 3 heteroatoms. The number of halogens is 1. The van der Waals surface area contributed by atoms with Crippen LogP contribution < -0.4 is 0 Å². The van der Waals surface area contributed by atoms with Crippen LogP contribution in [-0.2, 0) is 11.8 Å². The molecule has 0 N–H and O–H groups in total. The predicted octanol–water partition coefficient (Wildman–Crippen LogP) is 6.51. The van der Waals surface area contributed by atoms with E-state index in [1.165, 1.54) is 30.5 Å². The van der Waals surface area contributed by atoms with Crippen molar-refractivity contribution in [2.24, 2.45) is 5.92 Å². The van der Waals surface area contributed by atoms with Crippen LogP contribution in [-0.4, -0.2) is 24.0 Å². The highest BCUT2D eigenvalue weighted by atomic mass is 19.1. The fraction of sp³-hybridized carbons (Fsp3) is 0.519. The molecule has 0 heterocycles. The second-order valence-corrected chi connectivity index (χ2v) is 9.04. The molecule has 1 unspecified atom stereocenters. The predicted molar refractivity (Wildman–Crippen MR) is 122 cm³/mol. The van der Waals surface area contributed by atoms with Crippen LogP contribution in [0.2, 0.25) is 0 Å². The summed E-state index contributed by atoms with van der Waals surface area (Å²) in [5.74, 6) is 0.147. The molecule has 160 valence electrons. The maximum Gasteiger partial charge on any atom is 0.123 e. The van der Waals surface area contributed by atoms with E-state index < -0.39 is 5.41 Å². The summed E-state index contributed by atoms with van der Waals surface area (Å²) in [4.78, 5) is 2.52. The first-order valence-electron chi connectivity index (χ1n) is 11.5. The number of hydrogen-bond donors (Lipinski definition) is 0. The van der Waals surface area contributed by atoms with Crippen molar-refractivity contribution in [3.05, 3.63) is 71.5 Å². The van der Waals surface area contributed by atoms with E-state index in [2.05, 4.69) is 55.1 Å². The Hall–Kier alpha value is -2.18. The molecule has 1 saturated carbocycles. The van der Waals surface area contributed by atoms with Gasteiger partial charge in [0.1, 0.15) is 5.82 Å². The molecule has 1 fully saturated rings. The first-order chi connectivity index (χ1) is 14.5. The Morgan fingerprint density at radius 2 is 1.70 bits per heavy atom. The third kappa shape index (κ3) is 5.49. The van der Waals surface area contributed by atoms with E-state index in [0.29, 0.717) is 12.0 Å². The minimum atomic E-state index is -0.494. The molecule has 2 aromatic rings. The number of nitrogens with zero attached hydrogens (tertiary/aromatic N) is 2. The van der Waals surface area contributed by atoms with Crippen LogP contribution in [0, 0.1) is 23.1 Å². The highest BCUT2D eigenvalue weighted by Gasteiger charge is 2.41. The van der Waals surface area contributed by atoms with Gasteiger partial charge >= 0.3 is 0 Å². The summed E-state index contributed by atoms with van der Waals surface area (Å²) >= 11 is 0. The Morgan fingerprint density at radius 3 is 2.30 bits per heavy atom. The van der Waals surface area contributed by atoms with Gasteiger partial charge in [-0.15, -0.1) is 0 Å². The van der Waals surface area contributed by atoms with Gasteiger partial charge in [0.05, 0.1) is 11.5 Å². The van der Waals surface area contributed by atoms with Crippen molar-refractivity contribution in [1.82, 2.24) is 4.90 Å². The minimum absolute atomic E-state index is 0.232. The standard InChI is InChI=1S/C27H35FN2/c1-22(2)30(20-17-23-9-4-3-5-10-23)19-8-18-27(21-29,24-11-6-7-12-24)25-13-15-26(28)16-14-25/h3-5,9-10,13-16,22,24H,6-8,11-12,17-20H2,1-2H3. The SMILES string of the molecule is CC(C)N(CCCC(C#N)(c1ccc(F)cc1)C1CCCC1)CCc1ccccc1. The Kier molecular flexibility index (Phi) is 8.05. The van der Waals surface area contributed by atoms with Crippen LogP contribution in [0.25, 0.3) is 0 Å². The number of benzene rings is 2. The van der Waals surface area contributed by atoms with Gasteiger partial charge in [0.15, 0.2) is 0 Å². The molecular formula is C27H35FN2. The maximum atomic E-state index is 13.5. The molecule has 0 bridgehead atoms. The van der Waals surface area contributed by atoms with E-state index in [4.69, 9.17) is 0 Å². The van der Waals surface area contributed by atoms with E-state index in [1.54, 1.807) is 0 Å². The zero-order chi connectivity index (χ0) is 21.4. The van der Waals surface area contributed by atoms with Crippen molar-refractivity contribution in [3.63, 3.8) is 0 Å². The molecule has 30 heavy (non-hydrogen) atoms. The summed E-state index contributed by atoms with van der Waals surface area (Å²) in [6.45, 7) is 6.52. The van der Waals surface area contributed by atoms with Crippen molar-refractivity contribution in [2.75, 3.05) is 13.1 Å². The Morgan fingerprint density at radius 1 is 1.03 bits per heavy atom. The van der Waals surface area contributed by atoms with E-state index in [1.807, 2.05) is 12.1 Å². The van der Waals surface area contributed by atoms with Gasteiger partial charge in [-0.1, -0.05) is 55.3 Å². The molecule has 0 radical (unpaired) electrons. The third-order valence-corrected chi connectivity index (χ3v) is 6.89. The summed E-state index contributed by atoms with van der Waals surface area (Å²) in [7, 11) is 0.